The van der Waals surface area contributed by atoms with Crippen LogP contribution in [0.3, 0.4) is 0 Å². The minimum Gasteiger partial charge on any atom is -0.442 e. The number of carbonyl (C=O) groups excluding carboxylic acids is 2. The number of carbonyl (C=O) groups is 2. The number of nitriles is 1. The van der Waals surface area contributed by atoms with Crippen molar-refractivity contribution in [3.8, 4) is 6.07 Å². The van der Waals surface area contributed by atoms with Crippen LogP contribution in [-0.2, 0) is 9.53 Å². The number of hydrogen-bond acceptors (Lipinski definition) is 6. The largest absolute Gasteiger partial charge is 0.442 e. The zero-order chi connectivity index (χ0) is 23.2. The second kappa shape index (κ2) is 7.95. The number of ether oxygens (including phenoxy) is 1. The fourth-order valence-corrected chi connectivity index (χ4v) is 3.47. The Hall–Kier alpha value is -3.38. The van der Waals surface area contributed by atoms with Gasteiger partial charge in [0.1, 0.15) is 17.5 Å². The molecule has 1 amide bonds. The Morgan fingerprint density at radius 1 is 1.31 bits per heavy atom. The van der Waals surface area contributed by atoms with Gasteiger partial charge in [0.05, 0.1) is 27.9 Å². The van der Waals surface area contributed by atoms with Crippen LogP contribution in [0, 0.1) is 11.3 Å². The molecule has 1 aliphatic carbocycles. The average molecular weight is 455 g/mol. The molecule has 1 saturated carbocycles. The zero-order valence-corrected chi connectivity index (χ0v) is 19.0. The van der Waals surface area contributed by atoms with Crippen LogP contribution in [0.25, 0.3) is 5.65 Å². The van der Waals surface area contributed by atoms with Gasteiger partial charge in [0.25, 0.3) is 0 Å². The maximum atomic E-state index is 13.0. The third-order valence-electron chi connectivity index (χ3n) is 5.04. The summed E-state index contributed by atoms with van der Waals surface area (Å²) in [4.78, 5) is 30.1. The molecule has 9 nitrogen and oxygen atoms in total. The molecule has 32 heavy (non-hydrogen) atoms. The van der Waals surface area contributed by atoms with E-state index >= 15 is 0 Å². The first-order valence-corrected chi connectivity index (χ1v) is 10.7. The predicted molar refractivity (Wildman–Crippen MR) is 118 cm³/mol. The molecule has 1 unspecified atom stereocenters. The Labute approximate surface area is 189 Å². The number of nitrogens with one attached hydrogen (secondary N) is 1. The summed E-state index contributed by atoms with van der Waals surface area (Å²) in [5, 5.41) is 16.9. The molecule has 166 valence electrons. The highest BCUT2D eigenvalue weighted by Gasteiger charge is 2.31. The van der Waals surface area contributed by atoms with Crippen LogP contribution in [0.1, 0.15) is 69.3 Å². The third kappa shape index (κ3) is 4.46. The number of imidazole rings is 1. The standard InChI is InChI=1S/C22H23ClN6O3/c1-12(17-11-28-10-15(23)7-14(9-24)19(28)25-17)20(30)26-18-8-16(13-5-6-13)27-29(18)21(31)32-22(2,3)4/h7-8,10-13H,5-6H2,1-4H3,(H,26,30). The monoisotopic (exact) mass is 454 g/mol. The van der Waals surface area contributed by atoms with E-state index in [9.17, 15) is 14.9 Å². The van der Waals surface area contributed by atoms with Gasteiger partial charge in [-0.05, 0) is 46.6 Å². The minimum atomic E-state index is -0.701. The molecule has 1 aliphatic rings. The lowest BCUT2D eigenvalue weighted by Crippen LogP contribution is -2.30. The van der Waals surface area contributed by atoms with Gasteiger partial charge < -0.3 is 14.5 Å². The van der Waals surface area contributed by atoms with Crippen molar-refractivity contribution in [2.24, 2.45) is 0 Å². The predicted octanol–water partition coefficient (Wildman–Crippen LogP) is 4.46. The van der Waals surface area contributed by atoms with Gasteiger partial charge in [0.2, 0.25) is 5.91 Å². The highest BCUT2D eigenvalue weighted by atomic mass is 35.5. The Bertz CT molecular complexity index is 1260. The van der Waals surface area contributed by atoms with E-state index in [-0.39, 0.29) is 11.7 Å². The van der Waals surface area contributed by atoms with E-state index in [1.807, 2.05) is 0 Å². The Morgan fingerprint density at radius 2 is 2.03 bits per heavy atom. The molecule has 4 rings (SSSR count). The summed E-state index contributed by atoms with van der Waals surface area (Å²) in [5.41, 5.74) is 1.25. The van der Waals surface area contributed by atoms with Gasteiger partial charge in [-0.3, -0.25) is 4.79 Å². The van der Waals surface area contributed by atoms with Crippen LogP contribution in [0.4, 0.5) is 10.6 Å². The molecule has 0 spiro atoms. The summed E-state index contributed by atoms with van der Waals surface area (Å²) in [5.74, 6) is -0.487. The number of pyridine rings is 1. The number of nitrogens with zero attached hydrogens (tertiary/aromatic N) is 5. The Morgan fingerprint density at radius 3 is 2.66 bits per heavy atom. The number of amides is 1. The van der Waals surface area contributed by atoms with Crippen molar-refractivity contribution in [3.63, 3.8) is 0 Å². The highest BCUT2D eigenvalue weighted by Crippen LogP contribution is 2.40. The van der Waals surface area contributed by atoms with E-state index in [0.29, 0.717) is 27.8 Å². The molecule has 10 heteroatoms. The maximum Gasteiger partial charge on any atom is 0.437 e. The van der Waals surface area contributed by atoms with Crippen molar-refractivity contribution in [2.45, 2.75) is 58.0 Å². The first-order chi connectivity index (χ1) is 15.1. The molecule has 1 atom stereocenters. The van der Waals surface area contributed by atoms with Gasteiger partial charge >= 0.3 is 6.09 Å². The van der Waals surface area contributed by atoms with Gasteiger partial charge in [-0.1, -0.05) is 11.6 Å². The molecule has 3 heterocycles. The van der Waals surface area contributed by atoms with Crippen LogP contribution in [0.15, 0.2) is 24.5 Å². The molecular formula is C22H23ClN6O3. The van der Waals surface area contributed by atoms with Crippen molar-refractivity contribution in [1.29, 1.82) is 5.26 Å². The van der Waals surface area contributed by atoms with E-state index in [2.05, 4.69) is 21.5 Å². The molecule has 0 saturated heterocycles. The normalized spacial score (nSPS) is 14.8. The third-order valence-corrected chi connectivity index (χ3v) is 5.24. The highest BCUT2D eigenvalue weighted by molar-refractivity contribution is 6.30. The van der Waals surface area contributed by atoms with Crippen LogP contribution >= 0.6 is 11.6 Å². The second-order valence-electron chi connectivity index (χ2n) is 8.91. The first-order valence-electron chi connectivity index (χ1n) is 10.3. The zero-order valence-electron chi connectivity index (χ0n) is 18.2. The lowest BCUT2D eigenvalue weighted by Gasteiger charge is -2.20. The number of anilines is 1. The van der Waals surface area contributed by atoms with E-state index in [4.69, 9.17) is 16.3 Å². The topological polar surface area (TPSA) is 114 Å². The van der Waals surface area contributed by atoms with E-state index in [1.54, 1.807) is 50.6 Å². The summed E-state index contributed by atoms with van der Waals surface area (Å²) in [6, 6.07) is 5.30. The molecule has 0 aliphatic heterocycles. The summed E-state index contributed by atoms with van der Waals surface area (Å²) < 4.78 is 8.15. The van der Waals surface area contributed by atoms with Crippen molar-refractivity contribution < 1.29 is 14.3 Å². The number of hydrogen-bond donors (Lipinski definition) is 1. The van der Waals surface area contributed by atoms with E-state index in [1.165, 1.54) is 6.07 Å². The van der Waals surface area contributed by atoms with Crippen molar-refractivity contribution in [3.05, 3.63) is 46.5 Å². The van der Waals surface area contributed by atoms with Crippen molar-refractivity contribution in [1.82, 2.24) is 19.2 Å². The van der Waals surface area contributed by atoms with Crippen molar-refractivity contribution >= 4 is 35.1 Å². The number of fused-ring (bicyclic) bond motifs is 1. The van der Waals surface area contributed by atoms with Gasteiger partial charge in [0, 0.05) is 24.4 Å². The van der Waals surface area contributed by atoms with Crippen LogP contribution in [0.5, 0.6) is 0 Å². The Kier molecular flexibility index (Phi) is 5.42. The summed E-state index contributed by atoms with van der Waals surface area (Å²) in [6.45, 7) is 6.99. The van der Waals surface area contributed by atoms with Crippen molar-refractivity contribution in [2.75, 3.05) is 5.32 Å². The first kappa shape index (κ1) is 21.8. The molecular weight excluding hydrogens is 432 g/mol. The molecule has 1 N–H and O–H groups in total. The number of aromatic nitrogens is 4. The molecule has 0 bridgehead atoms. The molecule has 3 aromatic rings. The number of rotatable bonds is 4. The maximum absolute atomic E-state index is 13.0. The SMILES string of the molecule is CC(C(=O)Nc1cc(C2CC2)nn1C(=O)OC(C)(C)C)c1cn2cc(Cl)cc(C#N)c2n1. The van der Waals surface area contributed by atoms with Crippen LogP contribution in [0.2, 0.25) is 5.02 Å². The quantitative estimate of drug-likeness (QED) is 0.622. The number of halogens is 1. The van der Waals surface area contributed by atoms with Gasteiger partial charge in [-0.25, -0.2) is 9.78 Å². The lowest BCUT2D eigenvalue weighted by molar-refractivity contribution is -0.117. The smallest absolute Gasteiger partial charge is 0.437 e. The lowest BCUT2D eigenvalue weighted by atomic mass is 10.1. The summed E-state index contributed by atoms with van der Waals surface area (Å²) >= 11 is 6.05. The molecule has 0 radical (unpaired) electrons. The van der Waals surface area contributed by atoms with Crippen LogP contribution < -0.4 is 5.32 Å². The van der Waals surface area contributed by atoms with Gasteiger partial charge in [-0.15, -0.1) is 4.68 Å². The summed E-state index contributed by atoms with van der Waals surface area (Å²) in [6.07, 6.45) is 4.62. The molecule has 3 aromatic heterocycles. The fraction of sp³-hybridized carbons (Fsp3) is 0.409. The fourth-order valence-electron chi connectivity index (χ4n) is 3.25. The minimum absolute atomic E-state index is 0.252. The van der Waals surface area contributed by atoms with Crippen LogP contribution in [-0.4, -0.2) is 36.8 Å². The Balaban J connectivity index is 1.60. The average Bonchev–Trinajstić information content (AvgIpc) is 3.33. The van der Waals surface area contributed by atoms with E-state index < -0.39 is 17.6 Å². The van der Waals surface area contributed by atoms with Gasteiger partial charge in [-0.2, -0.15) is 10.4 Å². The molecule has 0 aromatic carbocycles. The van der Waals surface area contributed by atoms with Gasteiger partial charge in [0.15, 0.2) is 5.65 Å². The molecule has 1 fully saturated rings. The second-order valence-corrected chi connectivity index (χ2v) is 9.35. The van der Waals surface area contributed by atoms with E-state index in [0.717, 1.165) is 23.2 Å². The summed E-state index contributed by atoms with van der Waals surface area (Å²) in [7, 11) is 0.